The molecule has 90 valence electrons. The Kier molecular flexibility index (Phi) is 3.79. The van der Waals surface area contributed by atoms with Crippen LogP contribution in [0.5, 0.6) is 0 Å². The number of pyridine rings is 1. The summed E-state index contributed by atoms with van der Waals surface area (Å²) < 4.78 is 1.06. The molecule has 0 aliphatic heterocycles. The molecule has 0 amide bonds. The Morgan fingerprint density at radius 1 is 1.35 bits per heavy atom. The van der Waals surface area contributed by atoms with Crippen molar-refractivity contribution in [2.24, 2.45) is 0 Å². The molecule has 3 heteroatoms. The quantitative estimate of drug-likeness (QED) is 0.930. The molecule has 1 N–H and O–H groups in total. The zero-order valence-corrected chi connectivity index (χ0v) is 12.0. The molecule has 0 bridgehead atoms. The second-order valence-corrected chi connectivity index (χ2v) is 5.38. The molecule has 0 radical (unpaired) electrons. The Hall–Kier alpha value is -0.930. The fraction of sp³-hybridized carbons (Fsp3) is 0.357. The van der Waals surface area contributed by atoms with E-state index in [1.54, 1.807) is 0 Å². The van der Waals surface area contributed by atoms with Gasteiger partial charge in [0.15, 0.2) is 0 Å². The van der Waals surface area contributed by atoms with Gasteiger partial charge in [0.1, 0.15) is 0 Å². The SMILES string of the molecule is CNCc1cc(C(C)C)nc2c(Br)cccc12. The third-order valence-corrected chi connectivity index (χ3v) is 3.49. The Morgan fingerprint density at radius 2 is 2.12 bits per heavy atom. The molecule has 0 unspecified atom stereocenters. The summed E-state index contributed by atoms with van der Waals surface area (Å²) in [5.74, 6) is 0.446. The molecule has 0 aliphatic carbocycles. The molecule has 1 heterocycles. The van der Waals surface area contributed by atoms with Crippen molar-refractivity contribution in [3.8, 4) is 0 Å². The third-order valence-electron chi connectivity index (χ3n) is 2.85. The summed E-state index contributed by atoms with van der Waals surface area (Å²) in [5.41, 5.74) is 3.51. The maximum Gasteiger partial charge on any atom is 0.0850 e. The molecule has 0 aliphatic rings. The van der Waals surface area contributed by atoms with E-state index in [0.29, 0.717) is 5.92 Å². The molecular weight excluding hydrogens is 276 g/mol. The molecular formula is C14H17BrN2. The number of rotatable bonds is 3. The largest absolute Gasteiger partial charge is 0.316 e. The van der Waals surface area contributed by atoms with Crippen LogP contribution in [0.15, 0.2) is 28.7 Å². The first-order chi connectivity index (χ1) is 8.13. The van der Waals surface area contributed by atoms with Crippen molar-refractivity contribution in [1.29, 1.82) is 0 Å². The van der Waals surface area contributed by atoms with Crippen molar-refractivity contribution in [3.63, 3.8) is 0 Å². The van der Waals surface area contributed by atoms with Crippen LogP contribution in [0.4, 0.5) is 0 Å². The molecule has 2 aromatic rings. The monoisotopic (exact) mass is 292 g/mol. The fourth-order valence-corrected chi connectivity index (χ4v) is 2.39. The minimum Gasteiger partial charge on any atom is -0.316 e. The van der Waals surface area contributed by atoms with Crippen LogP contribution >= 0.6 is 15.9 Å². The number of benzene rings is 1. The van der Waals surface area contributed by atoms with Crippen LogP contribution in [0, 0.1) is 0 Å². The van der Waals surface area contributed by atoms with Crippen LogP contribution in [0.25, 0.3) is 10.9 Å². The Morgan fingerprint density at radius 3 is 2.76 bits per heavy atom. The van der Waals surface area contributed by atoms with Crippen LogP contribution in [-0.4, -0.2) is 12.0 Å². The van der Waals surface area contributed by atoms with Crippen molar-refractivity contribution < 1.29 is 0 Å². The van der Waals surface area contributed by atoms with Gasteiger partial charge in [0.05, 0.1) is 5.52 Å². The van der Waals surface area contributed by atoms with E-state index < -0.39 is 0 Å². The highest BCUT2D eigenvalue weighted by atomic mass is 79.9. The Balaban J connectivity index is 2.72. The molecule has 1 aromatic carbocycles. The fourth-order valence-electron chi connectivity index (χ4n) is 1.94. The van der Waals surface area contributed by atoms with Crippen LogP contribution in [0.2, 0.25) is 0 Å². The molecule has 2 nitrogen and oxygen atoms in total. The van der Waals surface area contributed by atoms with Gasteiger partial charge in [-0.1, -0.05) is 26.0 Å². The summed E-state index contributed by atoms with van der Waals surface area (Å²) in [6.45, 7) is 5.22. The van der Waals surface area contributed by atoms with Crippen LogP contribution in [-0.2, 0) is 6.54 Å². The average Bonchev–Trinajstić information content (AvgIpc) is 2.30. The third kappa shape index (κ3) is 2.50. The first-order valence-electron chi connectivity index (χ1n) is 5.86. The van der Waals surface area contributed by atoms with Gasteiger partial charge in [0.25, 0.3) is 0 Å². The van der Waals surface area contributed by atoms with Gasteiger partial charge in [-0.05, 0) is 46.6 Å². The van der Waals surface area contributed by atoms with Crippen LogP contribution in [0.3, 0.4) is 0 Å². The maximum atomic E-state index is 4.74. The van der Waals surface area contributed by atoms with Gasteiger partial charge in [-0.2, -0.15) is 0 Å². The highest BCUT2D eigenvalue weighted by Gasteiger charge is 2.09. The summed E-state index contributed by atoms with van der Waals surface area (Å²) in [5, 5.41) is 4.44. The zero-order valence-electron chi connectivity index (χ0n) is 10.4. The summed E-state index contributed by atoms with van der Waals surface area (Å²) in [6.07, 6.45) is 0. The van der Waals surface area contributed by atoms with Gasteiger partial charge in [0, 0.05) is 22.1 Å². The summed E-state index contributed by atoms with van der Waals surface area (Å²) in [7, 11) is 1.97. The van der Waals surface area contributed by atoms with Gasteiger partial charge in [0.2, 0.25) is 0 Å². The highest BCUT2D eigenvalue weighted by molar-refractivity contribution is 9.10. The topological polar surface area (TPSA) is 24.9 Å². The number of nitrogens with zero attached hydrogens (tertiary/aromatic N) is 1. The summed E-state index contributed by atoms with van der Waals surface area (Å²) in [4.78, 5) is 4.74. The lowest BCUT2D eigenvalue weighted by molar-refractivity contribution is 0.798. The number of halogens is 1. The van der Waals surface area contributed by atoms with Crippen molar-refractivity contribution in [1.82, 2.24) is 10.3 Å². The second-order valence-electron chi connectivity index (χ2n) is 4.53. The van der Waals surface area contributed by atoms with E-state index in [9.17, 15) is 0 Å². The Bertz CT molecular complexity index is 535. The minimum absolute atomic E-state index is 0.446. The van der Waals surface area contributed by atoms with E-state index in [4.69, 9.17) is 4.98 Å². The first-order valence-corrected chi connectivity index (χ1v) is 6.65. The molecule has 0 fully saturated rings. The molecule has 1 aromatic heterocycles. The average molecular weight is 293 g/mol. The predicted octanol–water partition coefficient (Wildman–Crippen LogP) is 3.84. The normalized spacial score (nSPS) is 11.4. The van der Waals surface area contributed by atoms with Gasteiger partial charge in [-0.3, -0.25) is 4.98 Å². The van der Waals surface area contributed by atoms with Gasteiger partial charge in [-0.15, -0.1) is 0 Å². The van der Waals surface area contributed by atoms with Crippen LogP contribution in [0.1, 0.15) is 31.0 Å². The second kappa shape index (κ2) is 5.15. The van der Waals surface area contributed by atoms with E-state index in [2.05, 4.69) is 53.3 Å². The molecule has 0 spiro atoms. The van der Waals surface area contributed by atoms with Crippen molar-refractivity contribution in [3.05, 3.63) is 40.0 Å². The lowest BCUT2D eigenvalue weighted by Gasteiger charge is -2.12. The lowest BCUT2D eigenvalue weighted by atomic mass is 10.0. The van der Waals surface area contributed by atoms with Gasteiger partial charge in [-0.25, -0.2) is 0 Å². The molecule has 0 saturated carbocycles. The molecule has 17 heavy (non-hydrogen) atoms. The summed E-state index contributed by atoms with van der Waals surface area (Å²) >= 11 is 3.58. The number of hydrogen-bond acceptors (Lipinski definition) is 2. The van der Waals surface area contributed by atoms with E-state index in [-0.39, 0.29) is 0 Å². The minimum atomic E-state index is 0.446. The number of fused-ring (bicyclic) bond motifs is 1. The molecule has 0 atom stereocenters. The van der Waals surface area contributed by atoms with Gasteiger partial charge >= 0.3 is 0 Å². The number of aromatic nitrogens is 1. The van der Waals surface area contributed by atoms with Gasteiger partial charge < -0.3 is 5.32 Å². The lowest BCUT2D eigenvalue weighted by Crippen LogP contribution is -2.07. The zero-order chi connectivity index (χ0) is 12.4. The van der Waals surface area contributed by atoms with E-state index >= 15 is 0 Å². The smallest absolute Gasteiger partial charge is 0.0850 e. The van der Waals surface area contributed by atoms with Crippen molar-refractivity contribution >= 4 is 26.8 Å². The standard InChI is InChI=1S/C14H17BrN2/c1-9(2)13-7-10(8-16-3)11-5-4-6-12(15)14(11)17-13/h4-7,9,16H,8H2,1-3H3. The van der Waals surface area contributed by atoms with E-state index in [1.165, 1.54) is 10.9 Å². The first kappa shape index (κ1) is 12.5. The number of nitrogens with one attached hydrogen (secondary N) is 1. The number of hydrogen-bond donors (Lipinski definition) is 1. The predicted molar refractivity (Wildman–Crippen MR) is 76.3 cm³/mol. The number of para-hydroxylation sites is 1. The van der Waals surface area contributed by atoms with E-state index in [0.717, 1.165) is 22.2 Å². The van der Waals surface area contributed by atoms with Crippen molar-refractivity contribution in [2.75, 3.05) is 7.05 Å². The van der Waals surface area contributed by atoms with E-state index in [1.807, 2.05) is 13.1 Å². The van der Waals surface area contributed by atoms with Crippen molar-refractivity contribution in [2.45, 2.75) is 26.3 Å². The van der Waals surface area contributed by atoms with Crippen LogP contribution < -0.4 is 5.32 Å². The summed E-state index contributed by atoms with van der Waals surface area (Å²) in [6, 6.07) is 8.44. The Labute approximate surface area is 111 Å². The molecule has 2 rings (SSSR count). The highest BCUT2D eigenvalue weighted by Crippen LogP contribution is 2.27. The molecule has 0 saturated heterocycles. The maximum absolute atomic E-state index is 4.74.